The van der Waals surface area contributed by atoms with E-state index in [0.717, 1.165) is 36.6 Å². The van der Waals surface area contributed by atoms with Gasteiger partial charge in [0.05, 0.1) is 11.4 Å². The Morgan fingerprint density at radius 3 is 2.77 bits per heavy atom. The van der Waals surface area contributed by atoms with Crippen molar-refractivity contribution < 1.29 is 14.6 Å². The summed E-state index contributed by atoms with van der Waals surface area (Å²) < 4.78 is 5.89. The number of piperidine rings is 1. The SMILES string of the molecule is O=C(O)N1CCc2cc(Oc3cc(CN4CCCCC4)ncn3)ccc21. The lowest BCUT2D eigenvalue weighted by Crippen LogP contribution is -2.29. The molecule has 0 unspecified atom stereocenters. The van der Waals surface area contributed by atoms with Gasteiger partial charge in [-0.05, 0) is 56.1 Å². The summed E-state index contributed by atoms with van der Waals surface area (Å²) in [5, 5.41) is 9.20. The normalized spacial score (nSPS) is 17.2. The third kappa shape index (κ3) is 3.62. The first-order valence-corrected chi connectivity index (χ1v) is 9.03. The van der Waals surface area contributed by atoms with Crippen molar-refractivity contribution in [2.24, 2.45) is 0 Å². The molecule has 1 aromatic carbocycles. The molecule has 7 heteroatoms. The van der Waals surface area contributed by atoms with Crippen LogP contribution in [0.2, 0.25) is 0 Å². The maximum absolute atomic E-state index is 11.2. The highest BCUT2D eigenvalue weighted by Crippen LogP contribution is 2.32. The van der Waals surface area contributed by atoms with Crippen molar-refractivity contribution in [2.45, 2.75) is 32.2 Å². The molecule has 0 saturated carbocycles. The van der Waals surface area contributed by atoms with Gasteiger partial charge in [-0.3, -0.25) is 9.80 Å². The molecule has 2 aliphatic rings. The predicted octanol–water partition coefficient (Wildman–Crippen LogP) is 3.30. The largest absolute Gasteiger partial charge is 0.465 e. The van der Waals surface area contributed by atoms with Gasteiger partial charge in [0.25, 0.3) is 0 Å². The molecule has 0 radical (unpaired) electrons. The number of likely N-dealkylation sites (tertiary alicyclic amines) is 1. The number of amides is 1. The van der Waals surface area contributed by atoms with Crippen LogP contribution >= 0.6 is 0 Å². The van der Waals surface area contributed by atoms with Crippen molar-refractivity contribution in [3.8, 4) is 11.6 Å². The number of anilines is 1. The fraction of sp³-hybridized carbons (Fsp3) is 0.421. The standard InChI is InChI=1S/C19H22N4O3/c24-19(25)23-9-6-14-10-16(4-5-17(14)23)26-18-11-15(20-13-21-18)12-22-7-2-1-3-8-22/h4-5,10-11,13H,1-3,6-9,12H2,(H,24,25). The van der Waals surface area contributed by atoms with Crippen molar-refractivity contribution >= 4 is 11.8 Å². The Morgan fingerprint density at radius 1 is 1.12 bits per heavy atom. The lowest BCUT2D eigenvalue weighted by atomic mass is 10.1. The fourth-order valence-electron chi connectivity index (χ4n) is 3.63. The Morgan fingerprint density at radius 2 is 1.96 bits per heavy atom. The minimum Gasteiger partial charge on any atom is -0.465 e. The van der Waals surface area contributed by atoms with Gasteiger partial charge in [0.1, 0.15) is 12.1 Å². The molecule has 136 valence electrons. The van der Waals surface area contributed by atoms with E-state index < -0.39 is 6.09 Å². The predicted molar refractivity (Wildman–Crippen MR) is 96.8 cm³/mol. The average molecular weight is 354 g/mol. The fourth-order valence-corrected chi connectivity index (χ4v) is 3.63. The van der Waals surface area contributed by atoms with Crippen LogP contribution in [0.4, 0.5) is 10.5 Å². The molecule has 7 nitrogen and oxygen atoms in total. The Hall–Kier alpha value is -2.67. The molecule has 4 rings (SSSR count). The highest BCUT2D eigenvalue weighted by atomic mass is 16.5. The van der Waals surface area contributed by atoms with Crippen molar-refractivity contribution in [2.75, 3.05) is 24.5 Å². The lowest BCUT2D eigenvalue weighted by molar-refractivity contribution is 0.202. The molecule has 1 amide bonds. The van der Waals surface area contributed by atoms with Gasteiger partial charge < -0.3 is 9.84 Å². The summed E-state index contributed by atoms with van der Waals surface area (Å²) in [6, 6.07) is 7.35. The maximum atomic E-state index is 11.2. The third-order valence-electron chi connectivity index (χ3n) is 4.93. The molecule has 0 bridgehead atoms. The van der Waals surface area contributed by atoms with Crippen LogP contribution in [0, 0.1) is 0 Å². The second kappa shape index (κ2) is 7.29. The van der Waals surface area contributed by atoms with Crippen LogP contribution < -0.4 is 9.64 Å². The zero-order valence-electron chi connectivity index (χ0n) is 14.6. The second-order valence-electron chi connectivity index (χ2n) is 6.76. The molecule has 1 fully saturated rings. The number of benzene rings is 1. The number of hydrogen-bond donors (Lipinski definition) is 1. The number of ether oxygens (including phenoxy) is 1. The van der Waals surface area contributed by atoms with Crippen LogP contribution in [0.15, 0.2) is 30.6 Å². The zero-order valence-corrected chi connectivity index (χ0v) is 14.6. The van der Waals surface area contributed by atoms with E-state index in [1.807, 2.05) is 12.1 Å². The van der Waals surface area contributed by atoms with E-state index in [9.17, 15) is 9.90 Å². The summed E-state index contributed by atoms with van der Waals surface area (Å²) in [6.45, 7) is 3.54. The van der Waals surface area contributed by atoms with E-state index in [4.69, 9.17) is 4.74 Å². The second-order valence-corrected chi connectivity index (χ2v) is 6.76. The Kier molecular flexibility index (Phi) is 4.71. The molecule has 0 spiro atoms. The van der Waals surface area contributed by atoms with Crippen molar-refractivity contribution in [3.63, 3.8) is 0 Å². The summed E-state index contributed by atoms with van der Waals surface area (Å²) in [5.74, 6) is 1.18. The number of nitrogens with zero attached hydrogens (tertiary/aromatic N) is 4. The number of hydrogen-bond acceptors (Lipinski definition) is 5. The molecule has 1 N–H and O–H groups in total. The van der Waals surface area contributed by atoms with Gasteiger partial charge in [-0.1, -0.05) is 6.42 Å². The summed E-state index contributed by atoms with van der Waals surface area (Å²) >= 11 is 0. The van der Waals surface area contributed by atoms with Crippen LogP contribution in [-0.4, -0.2) is 45.7 Å². The van der Waals surface area contributed by atoms with E-state index in [2.05, 4.69) is 14.9 Å². The summed E-state index contributed by atoms with van der Waals surface area (Å²) in [7, 11) is 0. The highest BCUT2D eigenvalue weighted by Gasteiger charge is 2.24. The maximum Gasteiger partial charge on any atom is 0.411 e. The van der Waals surface area contributed by atoms with Crippen molar-refractivity contribution in [1.29, 1.82) is 0 Å². The molecule has 0 aliphatic carbocycles. The molecule has 2 aromatic rings. The number of carbonyl (C=O) groups is 1. The van der Waals surface area contributed by atoms with Gasteiger partial charge in [-0.2, -0.15) is 0 Å². The lowest BCUT2D eigenvalue weighted by Gasteiger charge is -2.25. The number of fused-ring (bicyclic) bond motifs is 1. The third-order valence-corrected chi connectivity index (χ3v) is 4.93. The zero-order chi connectivity index (χ0) is 17.9. The van der Waals surface area contributed by atoms with E-state index in [-0.39, 0.29) is 0 Å². The number of rotatable bonds is 4. The number of carboxylic acid groups (broad SMARTS) is 1. The van der Waals surface area contributed by atoms with Crippen molar-refractivity contribution in [3.05, 3.63) is 41.9 Å². The van der Waals surface area contributed by atoms with Gasteiger partial charge >= 0.3 is 6.09 Å². The van der Waals surface area contributed by atoms with Gasteiger partial charge in [0, 0.05) is 19.2 Å². The molecule has 0 atom stereocenters. The van der Waals surface area contributed by atoms with E-state index in [1.54, 1.807) is 12.1 Å². The smallest absolute Gasteiger partial charge is 0.411 e. The van der Waals surface area contributed by atoms with Crippen LogP contribution in [0.25, 0.3) is 0 Å². The molecule has 3 heterocycles. The molecular formula is C19H22N4O3. The minimum absolute atomic E-state index is 0.488. The monoisotopic (exact) mass is 354 g/mol. The quantitative estimate of drug-likeness (QED) is 0.908. The van der Waals surface area contributed by atoms with Crippen LogP contribution in [-0.2, 0) is 13.0 Å². The molecular weight excluding hydrogens is 332 g/mol. The van der Waals surface area contributed by atoms with E-state index in [1.165, 1.54) is 30.5 Å². The molecule has 1 aromatic heterocycles. The van der Waals surface area contributed by atoms with Crippen LogP contribution in [0.5, 0.6) is 11.6 Å². The Balaban J connectivity index is 1.46. The molecule has 26 heavy (non-hydrogen) atoms. The van der Waals surface area contributed by atoms with Crippen molar-refractivity contribution in [1.82, 2.24) is 14.9 Å². The first-order valence-electron chi connectivity index (χ1n) is 9.03. The van der Waals surface area contributed by atoms with Crippen LogP contribution in [0.3, 0.4) is 0 Å². The minimum atomic E-state index is -0.921. The van der Waals surface area contributed by atoms with Gasteiger partial charge in [0.2, 0.25) is 5.88 Å². The van der Waals surface area contributed by atoms with Crippen LogP contribution in [0.1, 0.15) is 30.5 Å². The first kappa shape index (κ1) is 16.8. The Bertz CT molecular complexity index is 805. The Labute approximate surface area is 152 Å². The number of aromatic nitrogens is 2. The summed E-state index contributed by atoms with van der Waals surface area (Å²) in [5.41, 5.74) is 2.67. The average Bonchev–Trinajstić information content (AvgIpc) is 3.06. The van der Waals surface area contributed by atoms with E-state index in [0.29, 0.717) is 24.6 Å². The van der Waals surface area contributed by atoms with E-state index >= 15 is 0 Å². The summed E-state index contributed by atoms with van der Waals surface area (Å²) in [6.07, 6.45) is 5.12. The van der Waals surface area contributed by atoms with Gasteiger partial charge in [-0.25, -0.2) is 14.8 Å². The summed E-state index contributed by atoms with van der Waals surface area (Å²) in [4.78, 5) is 23.6. The van der Waals surface area contributed by atoms with Gasteiger partial charge in [-0.15, -0.1) is 0 Å². The molecule has 2 aliphatic heterocycles. The van der Waals surface area contributed by atoms with Gasteiger partial charge in [0.15, 0.2) is 0 Å². The topological polar surface area (TPSA) is 78.8 Å². The molecule has 1 saturated heterocycles. The highest BCUT2D eigenvalue weighted by molar-refractivity contribution is 5.89. The first-order chi connectivity index (χ1) is 12.7.